The van der Waals surface area contributed by atoms with Crippen LogP contribution in [0.2, 0.25) is 0 Å². The van der Waals surface area contributed by atoms with Crippen molar-refractivity contribution < 1.29 is 0 Å². The lowest BCUT2D eigenvalue weighted by Crippen LogP contribution is -2.03. The van der Waals surface area contributed by atoms with Crippen LogP contribution in [0.15, 0.2) is 146 Å². The van der Waals surface area contributed by atoms with Crippen LogP contribution in [0.1, 0.15) is 13.8 Å². The van der Waals surface area contributed by atoms with Crippen molar-refractivity contribution >= 4 is 107 Å². The molecule has 248 valence electrons. The van der Waals surface area contributed by atoms with Crippen LogP contribution in [-0.2, 0) is 13.1 Å². The van der Waals surface area contributed by atoms with Crippen molar-refractivity contribution in [3.05, 3.63) is 146 Å². The predicted octanol–water partition coefficient (Wildman–Crippen LogP) is 14.6. The number of hydrogen-bond acceptors (Lipinski definition) is 2. The highest BCUT2D eigenvalue weighted by molar-refractivity contribution is 7.26. The summed E-state index contributed by atoms with van der Waals surface area (Å²) in [5, 5.41) is 10.5. The molecule has 0 amide bonds. The van der Waals surface area contributed by atoms with Gasteiger partial charge in [0.25, 0.3) is 0 Å². The van der Waals surface area contributed by atoms with Crippen LogP contribution >= 0.6 is 22.7 Å². The molecule has 8 aromatic carbocycles. The van der Waals surface area contributed by atoms with Crippen LogP contribution in [0, 0.1) is 0 Å². The minimum atomic E-state index is 0.849. The molecule has 0 radical (unpaired) electrons. The SMILES string of the molecule is CCn1c2cc(-c3cccc4c3sc3ccccc34)c3cccc(c3c2)n(CC)c2cc(-c3cccc4c3sc3ccccc34)c3cccc1c3c2. The summed E-state index contributed by atoms with van der Waals surface area (Å²) >= 11 is 3.82. The average molecular weight is 703 g/mol. The van der Waals surface area contributed by atoms with Crippen LogP contribution in [-0.4, -0.2) is 9.13 Å². The highest BCUT2D eigenvalue weighted by Crippen LogP contribution is 2.45. The van der Waals surface area contributed by atoms with Gasteiger partial charge < -0.3 is 9.13 Å². The molecule has 0 aliphatic carbocycles. The number of thiophene rings is 2. The maximum atomic E-state index is 2.53. The monoisotopic (exact) mass is 702 g/mol. The number of rotatable bonds is 4. The van der Waals surface area contributed by atoms with E-state index in [9.17, 15) is 0 Å². The second-order valence-electron chi connectivity index (χ2n) is 13.8. The Kier molecular flexibility index (Phi) is 6.58. The molecule has 0 saturated carbocycles. The molecule has 0 saturated heterocycles. The number of nitrogens with zero attached hydrogens (tertiary/aromatic N) is 2. The highest BCUT2D eigenvalue weighted by Gasteiger charge is 2.18. The Morgan fingerprint density at radius 3 is 1.23 bits per heavy atom. The molecule has 52 heavy (non-hydrogen) atoms. The Hall–Kier alpha value is -5.68. The third kappa shape index (κ3) is 4.22. The first-order valence-corrected chi connectivity index (χ1v) is 19.8. The van der Waals surface area contributed by atoms with Crippen molar-refractivity contribution in [2.75, 3.05) is 0 Å². The molecular formula is C48H34N2S2. The van der Waals surface area contributed by atoms with E-state index in [1.54, 1.807) is 0 Å². The van der Waals surface area contributed by atoms with Gasteiger partial charge >= 0.3 is 0 Å². The van der Waals surface area contributed by atoms with E-state index in [0.29, 0.717) is 0 Å². The molecule has 0 fully saturated rings. The maximum absolute atomic E-state index is 2.53. The first-order valence-electron chi connectivity index (χ1n) is 18.2. The second kappa shape index (κ2) is 11.4. The van der Waals surface area contributed by atoms with Gasteiger partial charge in [-0.3, -0.25) is 0 Å². The molecular weight excluding hydrogens is 669 g/mol. The van der Waals surface area contributed by atoms with Gasteiger partial charge in [-0.25, -0.2) is 0 Å². The molecule has 0 aliphatic rings. The van der Waals surface area contributed by atoms with Crippen molar-refractivity contribution in [2.45, 2.75) is 26.9 Å². The third-order valence-electron chi connectivity index (χ3n) is 11.1. The van der Waals surface area contributed by atoms with Crippen LogP contribution in [0.25, 0.3) is 106 Å². The largest absolute Gasteiger partial charge is 0.341 e. The van der Waals surface area contributed by atoms with Gasteiger partial charge in [-0.05, 0) is 84.3 Å². The minimum Gasteiger partial charge on any atom is -0.341 e. The van der Waals surface area contributed by atoms with Crippen LogP contribution in [0.5, 0.6) is 0 Å². The van der Waals surface area contributed by atoms with Crippen molar-refractivity contribution in [1.29, 1.82) is 0 Å². The first kappa shape index (κ1) is 30.0. The number of aromatic nitrogens is 2. The summed E-state index contributed by atoms with van der Waals surface area (Å²) in [7, 11) is 0. The van der Waals surface area contributed by atoms with E-state index in [2.05, 4.69) is 169 Å². The molecule has 0 atom stereocenters. The molecule has 4 bridgehead atoms. The van der Waals surface area contributed by atoms with E-state index in [-0.39, 0.29) is 0 Å². The Bertz CT molecular complexity index is 3050. The zero-order chi connectivity index (χ0) is 34.5. The first-order chi connectivity index (χ1) is 25.7. The Morgan fingerprint density at radius 2 is 0.769 bits per heavy atom. The molecule has 3 heterocycles. The minimum absolute atomic E-state index is 0.849. The fourth-order valence-corrected chi connectivity index (χ4v) is 11.3. The lowest BCUT2D eigenvalue weighted by molar-refractivity contribution is 0.816. The Balaban J connectivity index is 1.32. The Morgan fingerprint density at radius 1 is 0.365 bits per heavy atom. The molecule has 0 spiro atoms. The van der Waals surface area contributed by atoms with E-state index in [1.807, 2.05) is 22.7 Å². The van der Waals surface area contributed by atoms with E-state index in [1.165, 1.54) is 106 Å². The molecule has 4 heteroatoms. The number of fused-ring (bicyclic) bond motifs is 8. The molecule has 2 nitrogen and oxygen atoms in total. The van der Waals surface area contributed by atoms with Gasteiger partial charge in [-0.15, -0.1) is 22.7 Å². The summed E-state index contributed by atoms with van der Waals surface area (Å²) < 4.78 is 10.4. The van der Waals surface area contributed by atoms with E-state index < -0.39 is 0 Å². The van der Waals surface area contributed by atoms with Crippen LogP contribution < -0.4 is 0 Å². The van der Waals surface area contributed by atoms with Gasteiger partial charge in [0.2, 0.25) is 0 Å². The Labute approximate surface area is 309 Å². The lowest BCUT2D eigenvalue weighted by Gasteiger charge is -2.20. The fraction of sp³-hybridized carbons (Fsp3) is 0.0833. The molecule has 11 rings (SSSR count). The van der Waals surface area contributed by atoms with Crippen molar-refractivity contribution in [1.82, 2.24) is 9.13 Å². The van der Waals surface area contributed by atoms with Gasteiger partial charge in [0, 0.05) is 97.4 Å². The zero-order valence-corrected chi connectivity index (χ0v) is 30.6. The predicted molar refractivity (Wildman–Crippen MR) is 229 cm³/mol. The summed E-state index contributed by atoms with van der Waals surface area (Å²) in [5.74, 6) is 0. The highest BCUT2D eigenvalue weighted by atomic mass is 32.1. The van der Waals surface area contributed by atoms with Crippen molar-refractivity contribution in [3.63, 3.8) is 0 Å². The lowest BCUT2D eigenvalue weighted by atomic mass is 9.94. The van der Waals surface area contributed by atoms with E-state index >= 15 is 0 Å². The van der Waals surface area contributed by atoms with E-state index in [4.69, 9.17) is 0 Å². The number of benzene rings is 8. The summed E-state index contributed by atoms with van der Waals surface area (Å²) in [5.41, 5.74) is 10.1. The number of aryl methyl sites for hydroxylation is 2. The van der Waals surface area contributed by atoms with Crippen molar-refractivity contribution in [3.8, 4) is 22.3 Å². The second-order valence-corrected chi connectivity index (χ2v) is 15.9. The van der Waals surface area contributed by atoms with Crippen LogP contribution in [0.4, 0.5) is 0 Å². The molecule has 0 unspecified atom stereocenters. The smallest absolute Gasteiger partial charge is 0.0491 e. The standard InChI is InChI=1S/C48H34N2S2/c1-3-49-29-25-39(37-19-9-17-35-33-13-5-7-23-45(33)51-47(35)37)32-16-12-22-44(42(32)27-29)50(4-2)30-26-40(31-15-11-21-43(49)41(31)28-30)38-20-10-18-36-34-14-6-8-24-46(34)52-48(36)38/h5-28H,3-4H2,1-2H3. The number of hydrogen-bond donors (Lipinski definition) is 0. The molecule has 0 N–H and O–H groups in total. The summed E-state index contributed by atoms with van der Waals surface area (Å²) in [6.45, 7) is 6.27. The average Bonchev–Trinajstić information content (AvgIpc) is 3.77. The summed E-state index contributed by atoms with van der Waals surface area (Å²) in [6.07, 6.45) is 0. The summed E-state index contributed by atoms with van der Waals surface area (Å²) in [4.78, 5) is 0. The molecule has 0 aliphatic heterocycles. The van der Waals surface area contributed by atoms with Crippen molar-refractivity contribution in [2.24, 2.45) is 0 Å². The summed E-state index contributed by atoms with van der Waals surface area (Å²) in [6, 6.07) is 54.9. The normalized spacial score (nSPS) is 12.2. The third-order valence-corrected chi connectivity index (χ3v) is 13.6. The van der Waals surface area contributed by atoms with Crippen LogP contribution in [0.3, 0.4) is 0 Å². The topological polar surface area (TPSA) is 9.86 Å². The van der Waals surface area contributed by atoms with Gasteiger partial charge in [-0.1, -0.05) is 97.1 Å². The maximum Gasteiger partial charge on any atom is 0.0491 e. The van der Waals surface area contributed by atoms with Gasteiger partial charge in [0.05, 0.1) is 0 Å². The fourth-order valence-electron chi connectivity index (χ4n) is 8.84. The molecule has 11 aromatic rings. The quantitative estimate of drug-likeness (QED) is 0.173. The van der Waals surface area contributed by atoms with E-state index in [0.717, 1.165) is 13.1 Å². The zero-order valence-electron chi connectivity index (χ0n) is 29.0. The van der Waals surface area contributed by atoms with Gasteiger partial charge in [0.1, 0.15) is 0 Å². The van der Waals surface area contributed by atoms with Gasteiger partial charge in [0.15, 0.2) is 0 Å². The van der Waals surface area contributed by atoms with Gasteiger partial charge in [-0.2, -0.15) is 0 Å². The molecule has 3 aromatic heterocycles.